The molecule has 1 aliphatic rings. The van der Waals surface area contributed by atoms with E-state index in [-0.39, 0.29) is 57.3 Å². The average molecular weight is 176 g/mol. The van der Waals surface area contributed by atoms with Gasteiger partial charge in [0.2, 0.25) is 0 Å². The molecule has 1 saturated carbocycles. The molecule has 0 aromatic rings. The first-order valence-electron chi connectivity index (χ1n) is 3.25. The van der Waals surface area contributed by atoms with E-state index in [0.717, 1.165) is 0 Å². The predicted molar refractivity (Wildman–Crippen MR) is 31.2 cm³/mol. The molecule has 1 rings (SSSR count). The average Bonchev–Trinajstić information content (AvgIpc) is 2.39. The minimum absolute atomic E-state index is 0. The van der Waals surface area contributed by atoms with Crippen LogP contribution < -0.4 is 51.4 Å². The van der Waals surface area contributed by atoms with E-state index in [2.05, 4.69) is 0 Å². The molecule has 5 heteroatoms. The summed E-state index contributed by atoms with van der Waals surface area (Å²) >= 11 is 0. The first-order valence-corrected chi connectivity index (χ1v) is 3.25. The van der Waals surface area contributed by atoms with Gasteiger partial charge >= 0.3 is 58.4 Å². The first-order chi connectivity index (χ1) is 4.05. The summed E-state index contributed by atoms with van der Waals surface area (Å²) in [4.78, 5) is 0. The Bertz CT molecular complexity index is 114. The Morgan fingerprint density at radius 2 is 1.90 bits per heavy atom. The maximum atomic E-state index is 11.7. The monoisotopic (exact) mass is 176 g/mol. The van der Waals surface area contributed by atoms with Gasteiger partial charge in [0, 0.05) is 0 Å². The van der Waals surface area contributed by atoms with Gasteiger partial charge in [-0.05, 0) is 0 Å². The quantitative estimate of drug-likeness (QED) is 0.504. The van der Waals surface area contributed by atoms with Gasteiger partial charge in [0.15, 0.2) is 0 Å². The van der Waals surface area contributed by atoms with Crippen LogP contribution in [-0.4, -0.2) is 6.98 Å². The molecule has 1 fully saturated rings. The Labute approximate surface area is 101 Å². The maximum absolute atomic E-state index is 11.7. The third-order valence-corrected chi connectivity index (χ3v) is 1.99. The number of hydrogen-bond acceptors (Lipinski definition) is 0. The summed E-state index contributed by atoms with van der Waals surface area (Å²) < 4.78 is 35.2. The van der Waals surface area contributed by atoms with E-state index >= 15 is 0 Å². The van der Waals surface area contributed by atoms with Crippen molar-refractivity contribution in [3.8, 4) is 0 Å². The van der Waals surface area contributed by atoms with Crippen molar-refractivity contribution in [2.75, 3.05) is 0 Å². The summed E-state index contributed by atoms with van der Waals surface area (Å²) in [5.74, 6) is -0.944. The van der Waals surface area contributed by atoms with E-state index in [1.807, 2.05) is 6.92 Å². The summed E-state index contributed by atoms with van der Waals surface area (Å²) in [6.45, 7) is -2.69. The van der Waals surface area contributed by atoms with Gasteiger partial charge in [0.1, 0.15) is 0 Å². The van der Waals surface area contributed by atoms with Crippen molar-refractivity contribution in [3.63, 3.8) is 0 Å². The van der Waals surface area contributed by atoms with Gasteiger partial charge in [-0.2, -0.15) is 0 Å². The molecule has 0 spiro atoms. The van der Waals surface area contributed by atoms with Crippen LogP contribution in [0.4, 0.5) is 12.9 Å². The van der Waals surface area contributed by atoms with E-state index in [9.17, 15) is 12.9 Å². The van der Waals surface area contributed by atoms with Gasteiger partial charge in [-0.1, -0.05) is 31.5 Å². The smallest absolute Gasteiger partial charge is 0.449 e. The molecule has 0 N–H and O–H groups in total. The van der Waals surface area contributed by atoms with E-state index in [1.165, 1.54) is 0 Å². The largest absolute Gasteiger partial charge is 1.00 e. The van der Waals surface area contributed by atoms with E-state index in [1.54, 1.807) is 0 Å². The van der Waals surface area contributed by atoms with E-state index in [4.69, 9.17) is 0 Å². The van der Waals surface area contributed by atoms with Crippen LogP contribution in [0.3, 0.4) is 0 Å². The summed E-state index contributed by atoms with van der Waals surface area (Å²) in [5.41, 5.74) is 0. The molecule has 54 valence electrons. The third kappa shape index (κ3) is 2.85. The first kappa shape index (κ1) is 11.5. The van der Waals surface area contributed by atoms with Crippen LogP contribution in [0.5, 0.6) is 0 Å². The molecular weight excluding hydrogens is 167 g/mol. The van der Waals surface area contributed by atoms with Gasteiger partial charge in [-0.3, -0.25) is 0 Å². The van der Waals surface area contributed by atoms with Crippen molar-refractivity contribution >= 4 is 6.98 Å². The van der Waals surface area contributed by atoms with Crippen molar-refractivity contribution in [2.45, 2.75) is 25.6 Å². The van der Waals surface area contributed by atoms with Gasteiger partial charge in [-0.25, -0.2) is 0 Å². The van der Waals surface area contributed by atoms with Gasteiger partial charge in [0.25, 0.3) is 0 Å². The molecule has 1 aliphatic carbocycles. The standard InChI is InChI=1S/C5H9BF3.K/c1-2-4-3-5(4)6(7,8)9;/h4-5H,2-3H2,1H3;/q-1;+1. The summed E-state index contributed by atoms with van der Waals surface area (Å²) in [6, 6.07) is 0. The minimum atomic E-state index is -4.50. The van der Waals surface area contributed by atoms with Crippen LogP contribution in [0.1, 0.15) is 19.8 Å². The Balaban J connectivity index is 0.000000810. The molecule has 0 radical (unpaired) electrons. The molecule has 0 aromatic heterocycles. The Morgan fingerprint density at radius 1 is 1.40 bits per heavy atom. The third-order valence-electron chi connectivity index (χ3n) is 1.99. The second-order valence-corrected chi connectivity index (χ2v) is 2.69. The molecule has 0 heterocycles. The molecule has 0 amide bonds. The fourth-order valence-corrected chi connectivity index (χ4v) is 1.20. The van der Waals surface area contributed by atoms with Crippen LogP contribution >= 0.6 is 0 Å². The van der Waals surface area contributed by atoms with Gasteiger partial charge < -0.3 is 12.9 Å². The van der Waals surface area contributed by atoms with E-state index in [0.29, 0.717) is 12.8 Å². The van der Waals surface area contributed by atoms with Crippen molar-refractivity contribution in [1.29, 1.82) is 0 Å². The van der Waals surface area contributed by atoms with Crippen molar-refractivity contribution in [3.05, 3.63) is 0 Å². The maximum Gasteiger partial charge on any atom is 1.00 e. The van der Waals surface area contributed by atoms with Crippen LogP contribution in [0.15, 0.2) is 0 Å². The van der Waals surface area contributed by atoms with Crippen molar-refractivity contribution < 1.29 is 64.3 Å². The fraction of sp³-hybridized carbons (Fsp3) is 1.00. The molecule has 2 unspecified atom stereocenters. The van der Waals surface area contributed by atoms with Crippen LogP contribution in [0.25, 0.3) is 0 Å². The fourth-order valence-electron chi connectivity index (χ4n) is 1.20. The summed E-state index contributed by atoms with van der Waals surface area (Å²) in [7, 11) is 0. The molecule has 0 saturated heterocycles. The zero-order valence-electron chi connectivity index (χ0n) is 6.28. The molecule has 0 bridgehead atoms. The summed E-state index contributed by atoms with van der Waals surface area (Å²) in [6.07, 6.45) is 1.08. The van der Waals surface area contributed by atoms with Crippen LogP contribution in [0.2, 0.25) is 5.82 Å². The molecule has 0 aliphatic heterocycles. The predicted octanol–water partition coefficient (Wildman–Crippen LogP) is -0.362. The molecule has 0 aromatic carbocycles. The van der Waals surface area contributed by atoms with Gasteiger partial charge in [0.05, 0.1) is 0 Å². The molecular formula is C5H9BF3K. The second-order valence-electron chi connectivity index (χ2n) is 2.69. The zero-order chi connectivity index (χ0) is 7.07. The van der Waals surface area contributed by atoms with E-state index < -0.39 is 12.8 Å². The molecule has 0 nitrogen and oxygen atoms in total. The van der Waals surface area contributed by atoms with Crippen molar-refractivity contribution in [2.24, 2.45) is 5.92 Å². The second kappa shape index (κ2) is 3.94. The minimum Gasteiger partial charge on any atom is -0.449 e. The van der Waals surface area contributed by atoms with Crippen LogP contribution in [-0.2, 0) is 0 Å². The number of rotatable bonds is 2. The number of halogens is 3. The summed E-state index contributed by atoms with van der Waals surface area (Å²) in [5, 5.41) is 0. The molecule has 2 atom stereocenters. The molecule has 10 heavy (non-hydrogen) atoms. The topological polar surface area (TPSA) is 0 Å². The van der Waals surface area contributed by atoms with Gasteiger partial charge in [-0.15, -0.1) is 0 Å². The zero-order valence-corrected chi connectivity index (χ0v) is 9.40. The van der Waals surface area contributed by atoms with Crippen LogP contribution in [0, 0.1) is 5.92 Å². The van der Waals surface area contributed by atoms with Crippen molar-refractivity contribution in [1.82, 2.24) is 0 Å². The normalized spacial score (nSPS) is 31.2. The SMILES string of the molecule is CCC1CC1[B-](F)(F)F.[K+]. The Kier molecular flexibility index (Phi) is 4.53. The number of hydrogen-bond donors (Lipinski definition) is 0. The Morgan fingerprint density at radius 3 is 2.00 bits per heavy atom. The Hall–Kier alpha value is 1.49.